The summed E-state index contributed by atoms with van der Waals surface area (Å²) in [7, 11) is 0. The minimum atomic E-state index is -0.158. The topological polar surface area (TPSA) is 42.0 Å². The molecule has 30 heavy (non-hydrogen) atoms. The summed E-state index contributed by atoms with van der Waals surface area (Å²) in [6.45, 7) is 2.14. The Labute approximate surface area is 185 Å². The molecule has 1 aromatic heterocycles. The number of amides is 1. The highest BCUT2D eigenvalue weighted by Gasteiger charge is 2.15. The van der Waals surface area contributed by atoms with E-state index in [2.05, 4.69) is 24.4 Å². The van der Waals surface area contributed by atoms with Crippen molar-refractivity contribution in [3.05, 3.63) is 94.3 Å². The Morgan fingerprint density at radius 2 is 1.53 bits per heavy atom. The average molecular weight is 433 g/mol. The van der Waals surface area contributed by atoms with Gasteiger partial charge < -0.3 is 0 Å². The molecule has 0 aliphatic heterocycles. The van der Waals surface area contributed by atoms with Crippen molar-refractivity contribution in [2.24, 2.45) is 0 Å². The summed E-state index contributed by atoms with van der Waals surface area (Å²) < 4.78 is 0. The maximum Gasteiger partial charge on any atom is 0.257 e. The van der Waals surface area contributed by atoms with Crippen LogP contribution in [0, 0.1) is 0 Å². The van der Waals surface area contributed by atoms with Crippen LogP contribution in [0.3, 0.4) is 0 Å². The molecule has 3 nitrogen and oxygen atoms in total. The van der Waals surface area contributed by atoms with E-state index in [9.17, 15) is 4.79 Å². The van der Waals surface area contributed by atoms with Crippen LogP contribution in [0.15, 0.2) is 78.9 Å². The van der Waals surface area contributed by atoms with Crippen molar-refractivity contribution in [3.63, 3.8) is 0 Å². The largest absolute Gasteiger partial charge is 0.298 e. The van der Waals surface area contributed by atoms with Gasteiger partial charge in [-0.25, -0.2) is 4.98 Å². The van der Waals surface area contributed by atoms with Crippen molar-refractivity contribution in [1.29, 1.82) is 0 Å². The Balaban J connectivity index is 1.54. The van der Waals surface area contributed by atoms with Crippen LogP contribution in [0.4, 0.5) is 5.13 Å². The van der Waals surface area contributed by atoms with Gasteiger partial charge >= 0.3 is 0 Å². The summed E-state index contributed by atoms with van der Waals surface area (Å²) in [6, 6.07) is 25.4. The zero-order chi connectivity index (χ0) is 20.9. The van der Waals surface area contributed by atoms with Gasteiger partial charge in [0, 0.05) is 21.0 Å². The van der Waals surface area contributed by atoms with E-state index in [1.54, 1.807) is 0 Å². The van der Waals surface area contributed by atoms with Crippen molar-refractivity contribution in [2.45, 2.75) is 19.8 Å². The third kappa shape index (κ3) is 4.61. The summed E-state index contributed by atoms with van der Waals surface area (Å²) in [6.07, 6.45) is 1.92. The van der Waals surface area contributed by atoms with Crippen LogP contribution in [0.2, 0.25) is 5.02 Å². The molecule has 4 rings (SSSR count). The first-order valence-electron chi connectivity index (χ1n) is 9.86. The molecule has 1 heterocycles. The van der Waals surface area contributed by atoms with Gasteiger partial charge in [-0.15, -0.1) is 11.3 Å². The predicted molar refractivity (Wildman–Crippen MR) is 126 cm³/mol. The maximum absolute atomic E-state index is 12.8. The molecule has 0 radical (unpaired) electrons. The van der Waals surface area contributed by atoms with Crippen molar-refractivity contribution in [2.75, 3.05) is 5.32 Å². The predicted octanol–water partition coefficient (Wildman–Crippen LogP) is 7.34. The molecule has 1 N–H and O–H groups in total. The highest BCUT2D eigenvalue weighted by molar-refractivity contribution is 7.16. The summed E-state index contributed by atoms with van der Waals surface area (Å²) in [5, 5.41) is 4.26. The molecule has 5 heteroatoms. The van der Waals surface area contributed by atoms with Gasteiger partial charge in [0.1, 0.15) is 0 Å². The molecule has 0 spiro atoms. The molecule has 3 aromatic carbocycles. The molecule has 0 saturated heterocycles. The lowest BCUT2D eigenvalue weighted by atomic mass is 10.0. The molecule has 0 aliphatic rings. The van der Waals surface area contributed by atoms with Crippen LogP contribution in [0.25, 0.3) is 22.4 Å². The van der Waals surface area contributed by atoms with Gasteiger partial charge in [-0.05, 0) is 41.8 Å². The number of benzene rings is 3. The Morgan fingerprint density at radius 3 is 2.20 bits per heavy atom. The Kier molecular flexibility index (Phi) is 6.26. The van der Waals surface area contributed by atoms with Gasteiger partial charge in [0.15, 0.2) is 5.13 Å². The van der Waals surface area contributed by atoms with E-state index in [1.165, 1.54) is 11.3 Å². The minimum absolute atomic E-state index is 0.158. The van der Waals surface area contributed by atoms with E-state index in [0.29, 0.717) is 15.7 Å². The molecular weight excluding hydrogens is 412 g/mol. The molecule has 0 fully saturated rings. The summed E-state index contributed by atoms with van der Waals surface area (Å²) >= 11 is 7.55. The molecule has 150 valence electrons. The summed E-state index contributed by atoms with van der Waals surface area (Å²) in [4.78, 5) is 18.6. The molecule has 0 saturated carbocycles. The van der Waals surface area contributed by atoms with Gasteiger partial charge in [0.2, 0.25) is 0 Å². The lowest BCUT2D eigenvalue weighted by Crippen LogP contribution is -2.11. The molecule has 0 aliphatic carbocycles. The first-order chi connectivity index (χ1) is 14.6. The van der Waals surface area contributed by atoms with Crippen LogP contribution in [-0.2, 0) is 6.42 Å². The van der Waals surface area contributed by atoms with E-state index in [-0.39, 0.29) is 5.91 Å². The van der Waals surface area contributed by atoms with Gasteiger partial charge in [0.05, 0.1) is 5.69 Å². The monoisotopic (exact) mass is 432 g/mol. The van der Waals surface area contributed by atoms with Gasteiger partial charge in [-0.3, -0.25) is 10.1 Å². The number of nitrogens with one attached hydrogen (secondary N) is 1. The molecule has 1 amide bonds. The second kappa shape index (κ2) is 9.24. The summed E-state index contributed by atoms with van der Waals surface area (Å²) in [5.41, 5.74) is 4.73. The van der Waals surface area contributed by atoms with Crippen molar-refractivity contribution < 1.29 is 4.79 Å². The number of rotatable bonds is 6. The maximum atomic E-state index is 12.8. The Hall–Kier alpha value is -2.95. The Morgan fingerprint density at radius 1 is 0.900 bits per heavy atom. The number of carbonyl (C=O) groups excluding carboxylic acids is 1. The minimum Gasteiger partial charge on any atom is -0.298 e. The van der Waals surface area contributed by atoms with E-state index in [0.717, 1.165) is 40.1 Å². The Bertz CT molecular complexity index is 1140. The normalized spacial score (nSPS) is 10.7. The lowest BCUT2D eigenvalue weighted by Gasteiger charge is -2.04. The highest BCUT2D eigenvalue weighted by Crippen LogP contribution is 2.33. The fourth-order valence-corrected chi connectivity index (χ4v) is 4.46. The smallest absolute Gasteiger partial charge is 0.257 e. The van der Waals surface area contributed by atoms with E-state index in [1.807, 2.05) is 66.7 Å². The number of anilines is 1. The molecule has 4 aromatic rings. The van der Waals surface area contributed by atoms with Crippen LogP contribution < -0.4 is 5.32 Å². The quantitative estimate of drug-likeness (QED) is 0.346. The number of hydrogen-bond acceptors (Lipinski definition) is 3. The lowest BCUT2D eigenvalue weighted by molar-refractivity contribution is 0.102. The summed E-state index contributed by atoms with van der Waals surface area (Å²) in [5.74, 6) is -0.158. The van der Waals surface area contributed by atoms with Gasteiger partial charge in [-0.1, -0.05) is 79.5 Å². The number of aryl methyl sites for hydroxylation is 1. The first kappa shape index (κ1) is 20.3. The van der Waals surface area contributed by atoms with Crippen LogP contribution >= 0.6 is 22.9 Å². The molecule has 0 bridgehead atoms. The second-order valence-electron chi connectivity index (χ2n) is 6.95. The number of aromatic nitrogens is 1. The first-order valence-corrected chi connectivity index (χ1v) is 11.1. The molecule has 0 unspecified atom stereocenters. The number of nitrogens with zero attached hydrogens (tertiary/aromatic N) is 1. The van der Waals surface area contributed by atoms with Gasteiger partial charge in [0.25, 0.3) is 5.91 Å². The fraction of sp³-hybridized carbons (Fsp3) is 0.120. The van der Waals surface area contributed by atoms with E-state index in [4.69, 9.17) is 16.6 Å². The number of hydrogen-bond donors (Lipinski definition) is 1. The molecular formula is C25H21ClN2OS. The zero-order valence-corrected chi connectivity index (χ0v) is 18.1. The van der Waals surface area contributed by atoms with Crippen LogP contribution in [0.5, 0.6) is 0 Å². The average Bonchev–Trinajstić information content (AvgIpc) is 3.17. The second-order valence-corrected chi connectivity index (χ2v) is 8.47. The third-order valence-electron chi connectivity index (χ3n) is 4.77. The van der Waals surface area contributed by atoms with Crippen molar-refractivity contribution in [3.8, 4) is 22.4 Å². The number of halogens is 1. The molecule has 0 atom stereocenters. The number of carbonyl (C=O) groups is 1. The number of thiazole rings is 1. The van der Waals surface area contributed by atoms with Crippen LogP contribution in [0.1, 0.15) is 28.6 Å². The van der Waals surface area contributed by atoms with Crippen molar-refractivity contribution >= 4 is 34.0 Å². The standard InChI is InChI=1S/C25H21ClN2OS/c1-2-6-22-23(19-13-15-21(26)16-14-19)27-25(30-22)28-24(29)20-11-9-18(10-12-20)17-7-4-3-5-8-17/h3-5,7-16H,2,6H2,1H3,(H,27,28,29). The van der Waals surface area contributed by atoms with Gasteiger partial charge in [-0.2, -0.15) is 0 Å². The van der Waals surface area contributed by atoms with E-state index >= 15 is 0 Å². The highest BCUT2D eigenvalue weighted by atomic mass is 35.5. The van der Waals surface area contributed by atoms with Crippen molar-refractivity contribution in [1.82, 2.24) is 4.98 Å². The van der Waals surface area contributed by atoms with Crippen LogP contribution in [-0.4, -0.2) is 10.9 Å². The fourth-order valence-electron chi connectivity index (χ4n) is 3.25. The zero-order valence-electron chi connectivity index (χ0n) is 16.6. The van der Waals surface area contributed by atoms with E-state index < -0.39 is 0 Å². The SMILES string of the molecule is CCCc1sc(NC(=O)c2ccc(-c3ccccc3)cc2)nc1-c1ccc(Cl)cc1. The third-order valence-corrected chi connectivity index (χ3v) is 6.05.